The standard InChI is InChI=1S/C24H29FN4O4/c1-14-6-5-7-19(26-14)29-21(30)17-8-9-18(25)28-20(17)27-15-10-24(11-15)12-16(13-24)33-23(2,3)22(31)32-4/h5-9,15-16H,10-13H2,1-4H3,(H,27,28)(H,26,29,30). The van der Waals surface area contributed by atoms with Gasteiger partial charge in [-0.25, -0.2) is 14.8 Å². The van der Waals surface area contributed by atoms with Crippen molar-refractivity contribution in [1.82, 2.24) is 9.97 Å². The molecule has 8 nitrogen and oxygen atoms in total. The molecule has 2 aromatic rings. The molecular weight excluding hydrogens is 427 g/mol. The van der Waals surface area contributed by atoms with Crippen molar-refractivity contribution in [1.29, 1.82) is 0 Å². The van der Waals surface area contributed by atoms with Crippen LogP contribution in [-0.2, 0) is 14.3 Å². The summed E-state index contributed by atoms with van der Waals surface area (Å²) < 4.78 is 24.6. The molecule has 0 radical (unpaired) electrons. The minimum Gasteiger partial charge on any atom is -0.467 e. The van der Waals surface area contributed by atoms with Gasteiger partial charge in [0, 0.05) is 11.7 Å². The summed E-state index contributed by atoms with van der Waals surface area (Å²) in [5, 5.41) is 5.97. The summed E-state index contributed by atoms with van der Waals surface area (Å²) in [5.41, 5.74) is 0.217. The number of esters is 1. The molecule has 33 heavy (non-hydrogen) atoms. The highest BCUT2D eigenvalue weighted by atomic mass is 19.1. The summed E-state index contributed by atoms with van der Waals surface area (Å²) in [6.07, 6.45) is 3.45. The van der Waals surface area contributed by atoms with Crippen molar-refractivity contribution >= 4 is 23.5 Å². The van der Waals surface area contributed by atoms with Gasteiger partial charge in [0.2, 0.25) is 5.95 Å². The SMILES string of the molecule is COC(=O)C(C)(C)OC1CC2(CC(Nc3nc(F)ccc3C(=O)Nc3cccc(C)n3)C2)C1. The van der Waals surface area contributed by atoms with E-state index in [4.69, 9.17) is 9.47 Å². The number of nitrogens with zero attached hydrogens (tertiary/aromatic N) is 2. The number of hydrogen-bond donors (Lipinski definition) is 2. The molecule has 2 aromatic heterocycles. The fourth-order valence-corrected chi connectivity index (χ4v) is 4.84. The van der Waals surface area contributed by atoms with Crippen LogP contribution in [0.25, 0.3) is 0 Å². The van der Waals surface area contributed by atoms with Gasteiger partial charge < -0.3 is 20.1 Å². The van der Waals surface area contributed by atoms with Gasteiger partial charge in [-0.15, -0.1) is 0 Å². The lowest BCUT2D eigenvalue weighted by Crippen LogP contribution is -2.57. The van der Waals surface area contributed by atoms with Gasteiger partial charge >= 0.3 is 5.97 Å². The Kier molecular flexibility index (Phi) is 6.09. The molecule has 2 aliphatic rings. The van der Waals surface area contributed by atoms with Crippen LogP contribution in [0.4, 0.5) is 16.0 Å². The normalized spacial score (nSPS) is 23.9. The number of carbonyl (C=O) groups is 2. The van der Waals surface area contributed by atoms with Crippen molar-refractivity contribution in [3.63, 3.8) is 0 Å². The summed E-state index contributed by atoms with van der Waals surface area (Å²) in [5.74, 6) is -0.800. The molecule has 0 unspecified atom stereocenters. The number of ether oxygens (including phenoxy) is 2. The summed E-state index contributed by atoms with van der Waals surface area (Å²) in [7, 11) is 1.35. The van der Waals surface area contributed by atoms with Gasteiger partial charge in [0.05, 0.1) is 18.8 Å². The van der Waals surface area contributed by atoms with Gasteiger partial charge in [0.25, 0.3) is 5.91 Å². The highest BCUT2D eigenvalue weighted by Gasteiger charge is 2.55. The lowest BCUT2D eigenvalue weighted by molar-refractivity contribution is -0.197. The van der Waals surface area contributed by atoms with E-state index >= 15 is 0 Å². The van der Waals surface area contributed by atoms with E-state index in [-0.39, 0.29) is 34.9 Å². The first-order valence-corrected chi connectivity index (χ1v) is 11.0. The number of halogens is 1. The highest BCUT2D eigenvalue weighted by molar-refractivity contribution is 6.07. The minimum absolute atomic E-state index is 0.00973. The van der Waals surface area contributed by atoms with Crippen LogP contribution in [0.15, 0.2) is 30.3 Å². The quantitative estimate of drug-likeness (QED) is 0.482. The Morgan fingerprint density at radius 1 is 1.12 bits per heavy atom. The lowest BCUT2D eigenvalue weighted by Gasteiger charge is -2.58. The van der Waals surface area contributed by atoms with Crippen LogP contribution in [0.5, 0.6) is 0 Å². The second kappa shape index (κ2) is 8.70. The number of aryl methyl sites for hydroxylation is 1. The number of nitrogens with one attached hydrogen (secondary N) is 2. The number of hydrogen-bond acceptors (Lipinski definition) is 7. The molecule has 0 aromatic carbocycles. The van der Waals surface area contributed by atoms with Gasteiger partial charge in [0.15, 0.2) is 5.60 Å². The van der Waals surface area contributed by atoms with Crippen LogP contribution in [0.3, 0.4) is 0 Å². The molecular formula is C24H29FN4O4. The molecule has 2 aliphatic carbocycles. The third kappa shape index (κ3) is 4.98. The first-order valence-electron chi connectivity index (χ1n) is 11.0. The second-order valence-electron chi connectivity index (χ2n) is 9.55. The Hall–Kier alpha value is -3.07. The smallest absolute Gasteiger partial charge is 0.337 e. The zero-order chi connectivity index (χ0) is 23.8. The predicted molar refractivity (Wildman–Crippen MR) is 120 cm³/mol. The molecule has 4 rings (SSSR count). The average molecular weight is 457 g/mol. The topological polar surface area (TPSA) is 102 Å². The van der Waals surface area contributed by atoms with E-state index in [0.29, 0.717) is 5.82 Å². The van der Waals surface area contributed by atoms with Crippen molar-refractivity contribution in [3.8, 4) is 0 Å². The summed E-state index contributed by atoms with van der Waals surface area (Å²) in [4.78, 5) is 32.8. The number of pyridine rings is 2. The maximum atomic E-state index is 13.8. The van der Waals surface area contributed by atoms with E-state index in [1.54, 1.807) is 26.0 Å². The number of anilines is 2. The fourth-order valence-electron chi connectivity index (χ4n) is 4.84. The van der Waals surface area contributed by atoms with E-state index in [9.17, 15) is 14.0 Å². The van der Waals surface area contributed by atoms with E-state index in [2.05, 4.69) is 20.6 Å². The maximum absolute atomic E-state index is 13.8. The molecule has 0 saturated heterocycles. The molecule has 176 valence electrons. The number of rotatable bonds is 7. The maximum Gasteiger partial charge on any atom is 0.337 e. The van der Waals surface area contributed by atoms with E-state index in [1.165, 1.54) is 19.2 Å². The Bertz CT molecular complexity index is 1060. The van der Waals surface area contributed by atoms with Gasteiger partial charge in [0.1, 0.15) is 11.6 Å². The number of carbonyl (C=O) groups excluding carboxylic acids is 2. The van der Waals surface area contributed by atoms with E-state index in [1.807, 2.05) is 13.0 Å². The highest BCUT2D eigenvalue weighted by Crippen LogP contribution is 2.58. The zero-order valence-electron chi connectivity index (χ0n) is 19.3. The molecule has 9 heteroatoms. The predicted octanol–water partition coefficient (Wildman–Crippen LogP) is 3.87. The molecule has 2 N–H and O–H groups in total. The molecule has 1 amide bonds. The van der Waals surface area contributed by atoms with Crippen LogP contribution in [-0.4, -0.2) is 46.7 Å². The number of methoxy groups -OCH3 is 1. The van der Waals surface area contributed by atoms with Crippen LogP contribution < -0.4 is 10.6 Å². The van der Waals surface area contributed by atoms with Crippen LogP contribution in [0.1, 0.15) is 55.6 Å². The average Bonchev–Trinajstić information content (AvgIpc) is 2.69. The van der Waals surface area contributed by atoms with Crippen LogP contribution >= 0.6 is 0 Å². The van der Waals surface area contributed by atoms with E-state index < -0.39 is 17.5 Å². The zero-order valence-corrected chi connectivity index (χ0v) is 19.3. The van der Waals surface area contributed by atoms with Crippen molar-refractivity contribution in [2.75, 3.05) is 17.7 Å². The largest absolute Gasteiger partial charge is 0.467 e. The fraction of sp³-hybridized carbons (Fsp3) is 0.500. The third-order valence-electron chi connectivity index (χ3n) is 6.40. The molecule has 2 saturated carbocycles. The molecule has 0 bridgehead atoms. The summed E-state index contributed by atoms with van der Waals surface area (Å²) in [6, 6.07) is 8.00. The first-order chi connectivity index (χ1) is 15.6. The van der Waals surface area contributed by atoms with Gasteiger partial charge in [-0.1, -0.05) is 6.07 Å². The minimum atomic E-state index is -0.970. The van der Waals surface area contributed by atoms with Gasteiger partial charge in [-0.2, -0.15) is 4.39 Å². The molecule has 2 heterocycles. The van der Waals surface area contributed by atoms with Crippen LogP contribution in [0, 0.1) is 18.3 Å². The lowest BCUT2D eigenvalue weighted by atomic mass is 9.52. The molecule has 2 fully saturated rings. The van der Waals surface area contributed by atoms with E-state index in [0.717, 1.165) is 31.4 Å². The summed E-state index contributed by atoms with van der Waals surface area (Å²) in [6.45, 7) is 5.26. The van der Waals surface area contributed by atoms with Gasteiger partial charge in [-0.3, -0.25) is 4.79 Å². The van der Waals surface area contributed by atoms with Gasteiger partial charge in [-0.05, 0) is 76.1 Å². The number of aromatic nitrogens is 2. The Morgan fingerprint density at radius 3 is 2.52 bits per heavy atom. The number of amides is 1. The van der Waals surface area contributed by atoms with Crippen LogP contribution in [0.2, 0.25) is 0 Å². The molecule has 0 atom stereocenters. The first kappa shape index (κ1) is 23.1. The van der Waals surface area contributed by atoms with Crippen molar-refractivity contribution in [2.24, 2.45) is 5.41 Å². The third-order valence-corrected chi connectivity index (χ3v) is 6.40. The molecule has 1 spiro atoms. The summed E-state index contributed by atoms with van der Waals surface area (Å²) >= 11 is 0. The monoisotopic (exact) mass is 456 g/mol. The van der Waals surface area contributed by atoms with Crippen molar-refractivity contribution in [2.45, 2.75) is 64.2 Å². The Balaban J connectivity index is 1.34. The Morgan fingerprint density at radius 2 is 1.85 bits per heavy atom. The Labute approximate surface area is 192 Å². The second-order valence-corrected chi connectivity index (χ2v) is 9.55. The molecule has 0 aliphatic heterocycles. The van der Waals surface area contributed by atoms with Crippen molar-refractivity contribution < 1.29 is 23.5 Å². The van der Waals surface area contributed by atoms with Crippen molar-refractivity contribution in [3.05, 3.63) is 47.5 Å².